The molecule has 1 aliphatic rings. The number of aryl methyl sites for hydroxylation is 2. The number of carbonyl (C=O) groups is 1. The highest BCUT2D eigenvalue weighted by molar-refractivity contribution is 5.94. The summed E-state index contributed by atoms with van der Waals surface area (Å²) in [6, 6.07) is 3.91. The summed E-state index contributed by atoms with van der Waals surface area (Å²) >= 11 is 0. The Hall–Kier alpha value is -2.44. The molecule has 1 amide bonds. The van der Waals surface area contributed by atoms with Gasteiger partial charge in [0.15, 0.2) is 5.82 Å². The molecule has 21 heavy (non-hydrogen) atoms. The first-order valence-electron chi connectivity index (χ1n) is 6.91. The van der Waals surface area contributed by atoms with Crippen LogP contribution in [0.15, 0.2) is 22.9 Å². The Balaban J connectivity index is 1.64. The lowest BCUT2D eigenvalue weighted by Gasteiger charge is -2.35. The average molecular weight is 287 g/mol. The van der Waals surface area contributed by atoms with Gasteiger partial charge in [-0.25, -0.2) is 0 Å². The van der Waals surface area contributed by atoms with Crippen molar-refractivity contribution in [3.63, 3.8) is 0 Å². The zero-order chi connectivity index (χ0) is 14.8. The number of aromatic nitrogens is 3. The molecule has 3 rings (SSSR count). The topological polar surface area (TPSA) is 75.4 Å². The zero-order valence-electron chi connectivity index (χ0n) is 12.1. The maximum absolute atomic E-state index is 12.3. The summed E-state index contributed by atoms with van der Waals surface area (Å²) in [6.45, 7) is 6.45. The van der Waals surface area contributed by atoms with E-state index in [4.69, 9.17) is 4.52 Å². The third-order valence-corrected chi connectivity index (χ3v) is 3.66. The largest absolute Gasteiger partial charge is 0.361 e. The molecule has 1 aliphatic heterocycles. The van der Waals surface area contributed by atoms with Gasteiger partial charge in [0.2, 0.25) is 0 Å². The van der Waals surface area contributed by atoms with E-state index in [1.54, 1.807) is 6.92 Å². The number of piperazine rings is 1. The van der Waals surface area contributed by atoms with Crippen LogP contribution in [-0.4, -0.2) is 52.3 Å². The smallest absolute Gasteiger partial charge is 0.259 e. The molecule has 1 fully saturated rings. The Morgan fingerprint density at radius 1 is 1.14 bits per heavy atom. The Morgan fingerprint density at radius 3 is 2.48 bits per heavy atom. The van der Waals surface area contributed by atoms with E-state index in [1.807, 2.05) is 24.0 Å². The predicted octanol–water partition coefficient (Wildman–Crippen LogP) is 1.04. The van der Waals surface area contributed by atoms with Gasteiger partial charge >= 0.3 is 0 Å². The van der Waals surface area contributed by atoms with Crippen molar-refractivity contribution in [3.05, 3.63) is 35.3 Å². The van der Waals surface area contributed by atoms with Crippen LogP contribution in [0.25, 0.3) is 0 Å². The molecule has 3 heterocycles. The Labute approximate surface area is 122 Å². The number of nitrogens with zero attached hydrogens (tertiary/aromatic N) is 5. The fourth-order valence-corrected chi connectivity index (χ4v) is 2.37. The van der Waals surface area contributed by atoms with E-state index < -0.39 is 0 Å². The van der Waals surface area contributed by atoms with Gasteiger partial charge in [-0.15, -0.1) is 5.10 Å². The zero-order valence-corrected chi connectivity index (χ0v) is 12.1. The molecule has 2 aromatic heterocycles. The van der Waals surface area contributed by atoms with Gasteiger partial charge < -0.3 is 14.3 Å². The van der Waals surface area contributed by atoms with Crippen LogP contribution in [0, 0.1) is 13.8 Å². The highest BCUT2D eigenvalue weighted by Gasteiger charge is 2.25. The normalized spacial score (nSPS) is 15.3. The summed E-state index contributed by atoms with van der Waals surface area (Å²) in [4.78, 5) is 16.3. The molecule has 0 bridgehead atoms. The van der Waals surface area contributed by atoms with Crippen LogP contribution in [0.5, 0.6) is 0 Å². The minimum absolute atomic E-state index is 0.0246. The number of anilines is 1. The molecule has 0 saturated carbocycles. The fraction of sp³-hybridized carbons (Fsp3) is 0.429. The van der Waals surface area contributed by atoms with Gasteiger partial charge in [0.1, 0.15) is 11.3 Å². The van der Waals surface area contributed by atoms with E-state index in [0.29, 0.717) is 24.4 Å². The van der Waals surface area contributed by atoms with E-state index >= 15 is 0 Å². The minimum Gasteiger partial charge on any atom is -0.361 e. The lowest BCUT2D eigenvalue weighted by molar-refractivity contribution is 0.0744. The molecule has 0 radical (unpaired) electrons. The van der Waals surface area contributed by atoms with Gasteiger partial charge in [-0.2, -0.15) is 5.10 Å². The maximum Gasteiger partial charge on any atom is 0.259 e. The van der Waals surface area contributed by atoms with Crippen molar-refractivity contribution in [2.24, 2.45) is 0 Å². The molecule has 0 atom stereocenters. The molecule has 0 aliphatic carbocycles. The lowest BCUT2D eigenvalue weighted by Crippen LogP contribution is -2.49. The summed E-state index contributed by atoms with van der Waals surface area (Å²) in [5.41, 5.74) is 1.44. The average Bonchev–Trinajstić information content (AvgIpc) is 2.94. The number of hydrogen-bond donors (Lipinski definition) is 0. The number of carbonyl (C=O) groups excluding carboxylic acids is 1. The van der Waals surface area contributed by atoms with Crippen LogP contribution < -0.4 is 4.90 Å². The third-order valence-electron chi connectivity index (χ3n) is 3.66. The van der Waals surface area contributed by atoms with Crippen molar-refractivity contribution in [2.75, 3.05) is 31.1 Å². The Bertz CT molecular complexity index is 629. The molecule has 0 spiro atoms. The minimum atomic E-state index is -0.0246. The Morgan fingerprint density at radius 2 is 1.90 bits per heavy atom. The molecule has 0 aromatic carbocycles. The van der Waals surface area contributed by atoms with Crippen molar-refractivity contribution >= 4 is 11.7 Å². The second-order valence-electron chi connectivity index (χ2n) is 5.11. The molecular formula is C14H17N5O2. The highest BCUT2D eigenvalue weighted by atomic mass is 16.5. The van der Waals surface area contributed by atoms with Gasteiger partial charge in [-0.1, -0.05) is 5.16 Å². The monoisotopic (exact) mass is 287 g/mol. The summed E-state index contributed by atoms with van der Waals surface area (Å²) < 4.78 is 4.95. The van der Waals surface area contributed by atoms with Gasteiger partial charge in [-0.3, -0.25) is 4.79 Å². The molecule has 1 saturated heterocycles. The molecule has 2 aromatic rings. The van der Waals surface area contributed by atoms with E-state index in [9.17, 15) is 4.79 Å². The van der Waals surface area contributed by atoms with Gasteiger partial charge in [0, 0.05) is 26.2 Å². The van der Waals surface area contributed by atoms with Gasteiger partial charge in [0.05, 0.1) is 11.9 Å². The first-order valence-corrected chi connectivity index (χ1v) is 6.91. The van der Waals surface area contributed by atoms with Crippen LogP contribution in [0.2, 0.25) is 0 Å². The number of rotatable bonds is 2. The standard InChI is InChI=1S/C14H17N5O2/c1-10-3-4-13(17-16-10)18-5-7-19(8-6-18)14(20)12-9-15-21-11(12)2/h3-4,9H,5-8H2,1-2H3. The summed E-state index contributed by atoms with van der Waals surface area (Å²) in [7, 11) is 0. The second kappa shape index (κ2) is 5.51. The second-order valence-corrected chi connectivity index (χ2v) is 5.11. The number of amides is 1. The summed E-state index contributed by atoms with van der Waals surface area (Å²) in [5.74, 6) is 1.39. The molecule has 7 heteroatoms. The molecular weight excluding hydrogens is 270 g/mol. The van der Waals surface area contributed by atoms with Gasteiger partial charge in [-0.05, 0) is 26.0 Å². The quantitative estimate of drug-likeness (QED) is 0.821. The maximum atomic E-state index is 12.3. The predicted molar refractivity (Wildman–Crippen MR) is 76.1 cm³/mol. The summed E-state index contributed by atoms with van der Waals surface area (Å²) in [6.07, 6.45) is 1.48. The van der Waals surface area contributed by atoms with Crippen molar-refractivity contribution in [2.45, 2.75) is 13.8 Å². The molecule has 110 valence electrons. The van der Waals surface area contributed by atoms with Crippen LogP contribution in [0.3, 0.4) is 0 Å². The van der Waals surface area contributed by atoms with Crippen LogP contribution in [0.1, 0.15) is 21.8 Å². The fourth-order valence-electron chi connectivity index (χ4n) is 2.37. The summed E-state index contributed by atoms with van der Waals surface area (Å²) in [5, 5.41) is 11.9. The first-order chi connectivity index (χ1) is 10.1. The molecule has 7 nitrogen and oxygen atoms in total. The van der Waals surface area contributed by atoms with E-state index in [-0.39, 0.29) is 5.91 Å². The van der Waals surface area contributed by atoms with Crippen LogP contribution in [-0.2, 0) is 0 Å². The van der Waals surface area contributed by atoms with Crippen molar-refractivity contribution < 1.29 is 9.32 Å². The van der Waals surface area contributed by atoms with E-state index in [1.165, 1.54) is 6.20 Å². The highest BCUT2D eigenvalue weighted by Crippen LogP contribution is 2.15. The number of hydrogen-bond acceptors (Lipinski definition) is 6. The van der Waals surface area contributed by atoms with Crippen LogP contribution >= 0.6 is 0 Å². The molecule has 0 unspecified atom stereocenters. The third kappa shape index (κ3) is 2.72. The van der Waals surface area contributed by atoms with Crippen LogP contribution in [0.4, 0.5) is 5.82 Å². The van der Waals surface area contributed by atoms with Crippen molar-refractivity contribution in [1.29, 1.82) is 0 Å². The van der Waals surface area contributed by atoms with E-state index in [0.717, 1.165) is 24.6 Å². The molecule has 0 N–H and O–H groups in total. The van der Waals surface area contributed by atoms with Gasteiger partial charge in [0.25, 0.3) is 5.91 Å². The SMILES string of the molecule is Cc1ccc(N2CCN(C(=O)c3cnoc3C)CC2)nn1. The van der Waals surface area contributed by atoms with Crippen molar-refractivity contribution in [3.8, 4) is 0 Å². The van der Waals surface area contributed by atoms with Crippen molar-refractivity contribution in [1.82, 2.24) is 20.3 Å². The Kier molecular flexibility index (Phi) is 3.55. The first kappa shape index (κ1) is 13.5. The lowest BCUT2D eigenvalue weighted by atomic mass is 10.2. The van der Waals surface area contributed by atoms with E-state index in [2.05, 4.69) is 20.3 Å².